The molecule has 0 radical (unpaired) electrons. The number of halogens is 3. The van der Waals surface area contributed by atoms with E-state index in [0.29, 0.717) is 10.2 Å². The number of nitrogen functional groups attached to an aromatic ring is 1. The maximum atomic E-state index is 13.7. The van der Waals surface area contributed by atoms with Crippen LogP contribution >= 0.6 is 15.9 Å². The van der Waals surface area contributed by atoms with Crippen LogP contribution in [0.4, 0.5) is 26.2 Å². The molecule has 4 N–H and O–H groups in total. The first-order valence-corrected chi connectivity index (χ1v) is 6.03. The number of aromatic nitrogens is 2. The first kappa shape index (κ1) is 13.6. The van der Waals surface area contributed by atoms with E-state index in [-0.39, 0.29) is 17.5 Å². The zero-order chi connectivity index (χ0) is 14.0. The van der Waals surface area contributed by atoms with Crippen LogP contribution in [-0.2, 0) is 0 Å². The molecule has 0 bridgehead atoms. The van der Waals surface area contributed by atoms with Gasteiger partial charge in [-0.1, -0.05) is 15.9 Å². The van der Waals surface area contributed by atoms with Crippen molar-refractivity contribution in [3.05, 3.63) is 40.0 Å². The summed E-state index contributed by atoms with van der Waals surface area (Å²) in [5.74, 6) is 4.13. The van der Waals surface area contributed by atoms with E-state index in [4.69, 9.17) is 5.84 Å². The second-order valence-electron chi connectivity index (χ2n) is 3.73. The van der Waals surface area contributed by atoms with Gasteiger partial charge in [-0.15, -0.1) is 0 Å². The molecule has 0 fully saturated rings. The SMILES string of the molecule is Cc1cc(Nc2c(F)cc(Br)cc2F)nc(NN)n1. The summed E-state index contributed by atoms with van der Waals surface area (Å²) in [4.78, 5) is 7.92. The van der Waals surface area contributed by atoms with Crippen molar-refractivity contribution in [1.82, 2.24) is 9.97 Å². The minimum Gasteiger partial charge on any atom is -0.335 e. The Bertz CT molecular complexity index is 597. The zero-order valence-corrected chi connectivity index (χ0v) is 11.4. The smallest absolute Gasteiger partial charge is 0.239 e. The monoisotopic (exact) mass is 329 g/mol. The van der Waals surface area contributed by atoms with E-state index in [0.717, 1.165) is 12.1 Å². The van der Waals surface area contributed by atoms with Crippen molar-refractivity contribution in [2.45, 2.75) is 6.92 Å². The summed E-state index contributed by atoms with van der Waals surface area (Å²) in [5, 5.41) is 2.57. The van der Waals surface area contributed by atoms with Crippen molar-refractivity contribution in [2.75, 3.05) is 10.7 Å². The second kappa shape index (κ2) is 5.45. The fraction of sp³-hybridized carbons (Fsp3) is 0.0909. The summed E-state index contributed by atoms with van der Waals surface area (Å²) in [5.41, 5.74) is 2.59. The highest BCUT2D eigenvalue weighted by atomic mass is 79.9. The maximum Gasteiger partial charge on any atom is 0.239 e. The van der Waals surface area contributed by atoms with Gasteiger partial charge in [0, 0.05) is 16.2 Å². The minimum atomic E-state index is -0.731. The predicted molar refractivity (Wildman–Crippen MR) is 71.9 cm³/mol. The number of nitrogens with two attached hydrogens (primary N) is 1. The quantitative estimate of drug-likeness (QED) is 0.596. The Kier molecular flexibility index (Phi) is 3.91. The number of hydrogen-bond acceptors (Lipinski definition) is 5. The van der Waals surface area contributed by atoms with Crippen LogP contribution in [0.5, 0.6) is 0 Å². The minimum absolute atomic E-state index is 0.153. The number of nitrogens with zero attached hydrogens (tertiary/aromatic N) is 2. The molecule has 0 amide bonds. The van der Waals surface area contributed by atoms with Crippen molar-refractivity contribution in [1.29, 1.82) is 0 Å². The first-order valence-electron chi connectivity index (χ1n) is 5.23. The number of hydrazine groups is 1. The number of anilines is 3. The van der Waals surface area contributed by atoms with Gasteiger partial charge in [0.1, 0.15) is 11.5 Å². The van der Waals surface area contributed by atoms with Gasteiger partial charge in [-0.25, -0.2) is 19.6 Å². The molecule has 0 saturated carbocycles. The van der Waals surface area contributed by atoms with E-state index < -0.39 is 11.6 Å². The normalized spacial score (nSPS) is 10.4. The molecule has 0 aliphatic rings. The van der Waals surface area contributed by atoms with Gasteiger partial charge in [-0.05, 0) is 19.1 Å². The van der Waals surface area contributed by atoms with Crippen molar-refractivity contribution in [2.24, 2.45) is 5.84 Å². The van der Waals surface area contributed by atoms with Crippen LogP contribution in [0.1, 0.15) is 5.69 Å². The van der Waals surface area contributed by atoms with Gasteiger partial charge < -0.3 is 5.32 Å². The van der Waals surface area contributed by atoms with E-state index in [1.807, 2.05) is 0 Å². The first-order chi connectivity index (χ1) is 8.99. The molecule has 2 rings (SSSR count). The highest BCUT2D eigenvalue weighted by Crippen LogP contribution is 2.26. The van der Waals surface area contributed by atoms with Gasteiger partial charge in [0.25, 0.3) is 0 Å². The summed E-state index contributed by atoms with van der Waals surface area (Å²) >= 11 is 3.01. The van der Waals surface area contributed by atoms with Crippen molar-refractivity contribution in [3.8, 4) is 0 Å². The lowest BCUT2D eigenvalue weighted by Crippen LogP contribution is -2.12. The van der Waals surface area contributed by atoms with Gasteiger partial charge in [0.2, 0.25) is 5.95 Å². The van der Waals surface area contributed by atoms with E-state index >= 15 is 0 Å². The van der Waals surface area contributed by atoms with Crippen LogP contribution in [0, 0.1) is 18.6 Å². The summed E-state index contributed by atoms with van der Waals surface area (Å²) in [6.45, 7) is 1.71. The molecule has 0 saturated heterocycles. The molecule has 1 aromatic heterocycles. The third-order valence-electron chi connectivity index (χ3n) is 2.24. The summed E-state index contributed by atoms with van der Waals surface area (Å²) in [7, 11) is 0. The van der Waals surface area contributed by atoms with Crippen LogP contribution in [0.25, 0.3) is 0 Å². The lowest BCUT2D eigenvalue weighted by atomic mass is 10.3. The molecular weight excluding hydrogens is 320 g/mol. The summed E-state index contributed by atoms with van der Waals surface area (Å²) in [6.07, 6.45) is 0. The zero-order valence-electron chi connectivity index (χ0n) is 9.84. The number of hydrogen-bond donors (Lipinski definition) is 3. The molecule has 5 nitrogen and oxygen atoms in total. The molecule has 100 valence electrons. The number of aryl methyl sites for hydroxylation is 1. The topological polar surface area (TPSA) is 75.9 Å². The van der Waals surface area contributed by atoms with Crippen LogP contribution in [0.3, 0.4) is 0 Å². The molecule has 0 unspecified atom stereocenters. The molecule has 0 atom stereocenters. The maximum absolute atomic E-state index is 13.7. The fourth-order valence-corrected chi connectivity index (χ4v) is 1.89. The van der Waals surface area contributed by atoms with E-state index in [9.17, 15) is 8.78 Å². The Hall–Kier alpha value is -1.80. The molecule has 0 aliphatic carbocycles. The number of rotatable bonds is 3. The molecule has 2 aromatic rings. The second-order valence-corrected chi connectivity index (χ2v) is 4.65. The average Bonchev–Trinajstić information content (AvgIpc) is 2.33. The van der Waals surface area contributed by atoms with Crippen LogP contribution in [0.15, 0.2) is 22.7 Å². The third kappa shape index (κ3) is 3.15. The highest BCUT2D eigenvalue weighted by Gasteiger charge is 2.12. The number of benzene rings is 1. The van der Waals surface area contributed by atoms with E-state index in [2.05, 4.69) is 36.6 Å². The Balaban J connectivity index is 2.39. The Morgan fingerprint density at radius 2 is 1.79 bits per heavy atom. The third-order valence-corrected chi connectivity index (χ3v) is 2.70. The molecule has 19 heavy (non-hydrogen) atoms. The molecule has 8 heteroatoms. The Morgan fingerprint density at radius 3 is 2.37 bits per heavy atom. The largest absolute Gasteiger partial charge is 0.335 e. The van der Waals surface area contributed by atoms with Gasteiger partial charge in [0.05, 0.1) is 0 Å². The lowest BCUT2D eigenvalue weighted by molar-refractivity contribution is 0.589. The van der Waals surface area contributed by atoms with Gasteiger partial charge in [-0.3, -0.25) is 5.43 Å². The molecule has 1 aromatic carbocycles. The van der Waals surface area contributed by atoms with Crippen LogP contribution < -0.4 is 16.6 Å². The molecule has 0 spiro atoms. The lowest BCUT2D eigenvalue weighted by Gasteiger charge is -2.10. The molecule has 1 heterocycles. The highest BCUT2D eigenvalue weighted by molar-refractivity contribution is 9.10. The number of nitrogens with one attached hydrogen (secondary N) is 2. The summed E-state index contributed by atoms with van der Waals surface area (Å²) in [6, 6.07) is 3.85. The standard InChI is InChI=1S/C11H10BrF2N5/c1-5-2-9(18-11(16-5)19-15)17-10-7(13)3-6(12)4-8(10)14/h2-4H,15H2,1H3,(H2,16,17,18,19). The molecular formula is C11H10BrF2N5. The van der Waals surface area contributed by atoms with Gasteiger partial charge >= 0.3 is 0 Å². The molecule has 0 aliphatic heterocycles. The Labute approximate surface area is 116 Å². The average molecular weight is 330 g/mol. The Morgan fingerprint density at radius 1 is 1.16 bits per heavy atom. The van der Waals surface area contributed by atoms with Crippen molar-refractivity contribution in [3.63, 3.8) is 0 Å². The van der Waals surface area contributed by atoms with Crippen molar-refractivity contribution >= 4 is 33.4 Å². The van der Waals surface area contributed by atoms with E-state index in [1.54, 1.807) is 13.0 Å². The summed E-state index contributed by atoms with van der Waals surface area (Å²) < 4.78 is 27.6. The van der Waals surface area contributed by atoms with Crippen LogP contribution in [0.2, 0.25) is 0 Å². The van der Waals surface area contributed by atoms with E-state index in [1.165, 1.54) is 0 Å². The van der Waals surface area contributed by atoms with Gasteiger partial charge in [-0.2, -0.15) is 4.98 Å². The van der Waals surface area contributed by atoms with Crippen LogP contribution in [-0.4, -0.2) is 9.97 Å². The fourth-order valence-electron chi connectivity index (χ4n) is 1.49. The predicted octanol–water partition coefficient (Wildman–Crippen LogP) is 2.85. The van der Waals surface area contributed by atoms with Crippen molar-refractivity contribution < 1.29 is 8.78 Å². The van der Waals surface area contributed by atoms with Gasteiger partial charge in [0.15, 0.2) is 11.6 Å².